The van der Waals surface area contributed by atoms with Gasteiger partial charge in [-0.15, -0.1) is 0 Å². The van der Waals surface area contributed by atoms with Gasteiger partial charge in [0, 0.05) is 29.8 Å². The van der Waals surface area contributed by atoms with E-state index in [0.717, 1.165) is 18.2 Å². The van der Waals surface area contributed by atoms with Crippen molar-refractivity contribution in [3.63, 3.8) is 0 Å². The fourth-order valence-corrected chi connectivity index (χ4v) is 3.32. The van der Waals surface area contributed by atoms with Crippen LogP contribution in [0.2, 0.25) is 5.02 Å². The van der Waals surface area contributed by atoms with Gasteiger partial charge in [-0.25, -0.2) is 9.97 Å². The van der Waals surface area contributed by atoms with Crippen LogP contribution in [0.15, 0.2) is 65.7 Å². The molecule has 190 valence electrons. The van der Waals surface area contributed by atoms with Gasteiger partial charge in [0.2, 0.25) is 5.76 Å². The zero-order chi connectivity index (χ0) is 26.6. The predicted molar refractivity (Wildman–Crippen MR) is 126 cm³/mol. The van der Waals surface area contributed by atoms with Gasteiger partial charge in [0.15, 0.2) is 11.5 Å². The average Bonchev–Trinajstić information content (AvgIpc) is 3.36. The standard InChI is InChI=1S/C23H17ClF3N7O3/c1-12(31-22(36)19-18(24)20(30-11-29-19)32-14-5-7-28-8-6-14)16-10-17(37-34-16)21(35)33-15-4-2-3-13(9-15)23(25,26)27/h2-12H,1H3,(H,31,36)(H,33,35)(H,28,29,30,32). The van der Waals surface area contributed by atoms with Crippen molar-refractivity contribution in [3.05, 3.63) is 88.9 Å². The number of carbonyl (C=O) groups is 2. The van der Waals surface area contributed by atoms with E-state index in [9.17, 15) is 22.8 Å². The number of aromatic nitrogens is 4. The maximum atomic E-state index is 12.9. The summed E-state index contributed by atoms with van der Waals surface area (Å²) in [6.45, 7) is 1.58. The van der Waals surface area contributed by atoms with Crippen molar-refractivity contribution in [2.45, 2.75) is 19.1 Å². The number of carbonyl (C=O) groups excluding carboxylic acids is 2. The molecule has 0 radical (unpaired) electrons. The molecule has 4 rings (SSSR count). The van der Waals surface area contributed by atoms with Crippen LogP contribution in [0.5, 0.6) is 0 Å². The second-order valence-electron chi connectivity index (χ2n) is 7.59. The molecule has 0 aliphatic heterocycles. The number of hydrogen-bond acceptors (Lipinski definition) is 8. The van der Waals surface area contributed by atoms with E-state index in [0.29, 0.717) is 5.69 Å². The van der Waals surface area contributed by atoms with Gasteiger partial charge in [-0.3, -0.25) is 14.6 Å². The van der Waals surface area contributed by atoms with Crippen LogP contribution < -0.4 is 16.0 Å². The first-order chi connectivity index (χ1) is 17.6. The zero-order valence-corrected chi connectivity index (χ0v) is 19.6. The molecular formula is C23H17ClF3N7O3. The molecule has 4 aromatic rings. The number of hydrogen-bond donors (Lipinski definition) is 3. The highest BCUT2D eigenvalue weighted by Gasteiger charge is 2.30. The Morgan fingerprint density at radius 3 is 2.51 bits per heavy atom. The summed E-state index contributed by atoms with van der Waals surface area (Å²) in [6.07, 6.45) is -0.255. The van der Waals surface area contributed by atoms with E-state index in [4.69, 9.17) is 16.1 Å². The predicted octanol–water partition coefficient (Wildman–Crippen LogP) is 5.02. The van der Waals surface area contributed by atoms with Gasteiger partial charge in [-0.2, -0.15) is 13.2 Å². The summed E-state index contributed by atoms with van der Waals surface area (Å²) < 4.78 is 43.7. The second-order valence-corrected chi connectivity index (χ2v) is 7.97. The van der Waals surface area contributed by atoms with Crippen LogP contribution in [-0.2, 0) is 6.18 Å². The molecular weight excluding hydrogens is 515 g/mol. The summed E-state index contributed by atoms with van der Waals surface area (Å²) in [5.41, 5.74) is -0.265. The smallest absolute Gasteiger partial charge is 0.351 e. The monoisotopic (exact) mass is 531 g/mol. The highest BCUT2D eigenvalue weighted by atomic mass is 35.5. The minimum atomic E-state index is -4.56. The lowest BCUT2D eigenvalue weighted by Gasteiger charge is -2.13. The average molecular weight is 532 g/mol. The van der Waals surface area contributed by atoms with Crippen LogP contribution in [0.1, 0.15) is 45.3 Å². The summed E-state index contributed by atoms with van der Waals surface area (Å²) in [5.74, 6) is -1.52. The number of benzene rings is 1. The Labute approximate surface area is 212 Å². The van der Waals surface area contributed by atoms with Crippen molar-refractivity contribution in [3.8, 4) is 0 Å². The molecule has 1 unspecified atom stereocenters. The van der Waals surface area contributed by atoms with Gasteiger partial charge in [0.1, 0.15) is 17.0 Å². The third kappa shape index (κ3) is 6.19. The van der Waals surface area contributed by atoms with E-state index in [1.165, 1.54) is 18.5 Å². The second kappa shape index (κ2) is 10.6. The molecule has 0 fully saturated rings. The molecule has 10 nitrogen and oxygen atoms in total. The van der Waals surface area contributed by atoms with E-state index >= 15 is 0 Å². The summed E-state index contributed by atoms with van der Waals surface area (Å²) >= 11 is 6.32. The van der Waals surface area contributed by atoms with Crippen molar-refractivity contribution in [2.75, 3.05) is 10.6 Å². The molecule has 0 bridgehead atoms. The Kier molecular flexibility index (Phi) is 7.34. The molecule has 3 N–H and O–H groups in total. The Balaban J connectivity index is 1.42. The van der Waals surface area contributed by atoms with Crippen LogP contribution in [-0.4, -0.2) is 31.9 Å². The third-order valence-electron chi connectivity index (χ3n) is 4.94. The summed E-state index contributed by atoms with van der Waals surface area (Å²) in [6, 6.07) is 8.03. The van der Waals surface area contributed by atoms with E-state index in [2.05, 4.69) is 36.1 Å². The zero-order valence-electron chi connectivity index (χ0n) is 18.9. The van der Waals surface area contributed by atoms with E-state index < -0.39 is 29.6 Å². The molecule has 0 aliphatic carbocycles. The molecule has 3 heterocycles. The summed E-state index contributed by atoms with van der Waals surface area (Å²) in [5, 5.41) is 11.7. The highest BCUT2D eigenvalue weighted by Crippen LogP contribution is 2.31. The van der Waals surface area contributed by atoms with Gasteiger partial charge < -0.3 is 20.5 Å². The largest absolute Gasteiger partial charge is 0.416 e. The SMILES string of the molecule is CC(NC(=O)c1ncnc(Nc2ccncc2)c1Cl)c1cc(C(=O)Nc2cccc(C(F)(F)F)c2)on1. The number of rotatable bonds is 7. The molecule has 1 atom stereocenters. The molecule has 0 spiro atoms. The van der Waals surface area contributed by atoms with Crippen LogP contribution in [0.4, 0.5) is 30.4 Å². The summed E-state index contributed by atoms with van der Waals surface area (Å²) in [4.78, 5) is 37.1. The Morgan fingerprint density at radius 2 is 1.78 bits per heavy atom. The maximum Gasteiger partial charge on any atom is 0.416 e. The maximum absolute atomic E-state index is 12.9. The van der Waals surface area contributed by atoms with Crippen LogP contribution >= 0.6 is 11.6 Å². The highest BCUT2D eigenvalue weighted by molar-refractivity contribution is 6.35. The molecule has 37 heavy (non-hydrogen) atoms. The first-order valence-corrected chi connectivity index (χ1v) is 10.9. The Bertz CT molecular complexity index is 1430. The molecule has 0 saturated heterocycles. The lowest BCUT2D eigenvalue weighted by atomic mass is 10.2. The summed E-state index contributed by atoms with van der Waals surface area (Å²) in [7, 11) is 0. The number of nitrogens with one attached hydrogen (secondary N) is 3. The number of halogens is 4. The third-order valence-corrected chi connectivity index (χ3v) is 5.30. The van der Waals surface area contributed by atoms with Crippen LogP contribution in [0, 0.1) is 0 Å². The molecule has 2 amide bonds. The number of amides is 2. The minimum Gasteiger partial charge on any atom is -0.351 e. The fourth-order valence-electron chi connectivity index (χ4n) is 3.09. The topological polar surface area (TPSA) is 135 Å². The van der Waals surface area contributed by atoms with Crippen molar-refractivity contribution in [1.82, 2.24) is 25.4 Å². The Hall–Kier alpha value is -4.52. The molecule has 0 aliphatic rings. The van der Waals surface area contributed by atoms with E-state index in [1.807, 2.05) is 0 Å². The molecule has 0 saturated carbocycles. The van der Waals surface area contributed by atoms with Crippen molar-refractivity contribution in [2.24, 2.45) is 0 Å². The first kappa shape index (κ1) is 25.6. The van der Waals surface area contributed by atoms with Gasteiger partial charge in [0.25, 0.3) is 11.8 Å². The molecule has 3 aromatic heterocycles. The normalized spacial score (nSPS) is 12.0. The molecule has 14 heteroatoms. The van der Waals surface area contributed by atoms with Crippen LogP contribution in [0.25, 0.3) is 0 Å². The van der Waals surface area contributed by atoms with Gasteiger partial charge in [0.05, 0.1) is 11.6 Å². The van der Waals surface area contributed by atoms with Crippen molar-refractivity contribution >= 4 is 40.6 Å². The number of anilines is 3. The first-order valence-electron chi connectivity index (χ1n) is 10.6. The van der Waals surface area contributed by atoms with Gasteiger partial charge in [-0.1, -0.05) is 22.8 Å². The number of alkyl halides is 3. The van der Waals surface area contributed by atoms with Crippen molar-refractivity contribution in [1.29, 1.82) is 0 Å². The lowest BCUT2D eigenvalue weighted by Crippen LogP contribution is -2.28. The lowest BCUT2D eigenvalue weighted by molar-refractivity contribution is -0.137. The fraction of sp³-hybridized carbons (Fsp3) is 0.130. The number of nitrogens with zero attached hydrogens (tertiary/aromatic N) is 4. The molecule has 1 aromatic carbocycles. The quantitative estimate of drug-likeness (QED) is 0.302. The van der Waals surface area contributed by atoms with Crippen molar-refractivity contribution < 1.29 is 27.3 Å². The number of pyridine rings is 1. The van der Waals surface area contributed by atoms with Gasteiger partial charge >= 0.3 is 6.18 Å². The Morgan fingerprint density at radius 1 is 1.03 bits per heavy atom. The minimum absolute atomic E-state index is 0.0229. The van der Waals surface area contributed by atoms with E-state index in [1.54, 1.807) is 31.5 Å². The van der Waals surface area contributed by atoms with Crippen LogP contribution in [0.3, 0.4) is 0 Å². The van der Waals surface area contributed by atoms with E-state index in [-0.39, 0.29) is 33.7 Å². The van der Waals surface area contributed by atoms with Gasteiger partial charge in [-0.05, 0) is 37.3 Å².